The molecule has 1 amide bonds. The van der Waals surface area contributed by atoms with Gasteiger partial charge >= 0.3 is 0 Å². The van der Waals surface area contributed by atoms with Crippen LogP contribution in [0.4, 0.5) is 4.39 Å². The first kappa shape index (κ1) is 15.9. The van der Waals surface area contributed by atoms with Crippen LogP contribution >= 0.6 is 11.6 Å². The molecule has 0 radical (unpaired) electrons. The molecule has 0 unspecified atom stereocenters. The lowest BCUT2D eigenvalue weighted by Crippen LogP contribution is -2.39. The van der Waals surface area contributed by atoms with Gasteiger partial charge in [0.25, 0.3) is 5.91 Å². The molecular formula is C15H17ClFN5O. The molecule has 8 heteroatoms. The summed E-state index contributed by atoms with van der Waals surface area (Å²) >= 11 is 5.77. The van der Waals surface area contributed by atoms with E-state index >= 15 is 0 Å². The van der Waals surface area contributed by atoms with Gasteiger partial charge in [-0.2, -0.15) is 15.4 Å². The van der Waals surface area contributed by atoms with Crippen LogP contribution in [-0.4, -0.2) is 45.3 Å². The van der Waals surface area contributed by atoms with E-state index in [1.54, 1.807) is 12.1 Å². The van der Waals surface area contributed by atoms with Crippen molar-refractivity contribution in [1.29, 1.82) is 0 Å². The van der Waals surface area contributed by atoms with Crippen molar-refractivity contribution >= 4 is 17.5 Å². The molecule has 1 aliphatic heterocycles. The molecule has 23 heavy (non-hydrogen) atoms. The molecule has 0 aliphatic carbocycles. The van der Waals surface area contributed by atoms with Crippen LogP contribution in [0.5, 0.6) is 0 Å². The average molecular weight is 338 g/mol. The van der Waals surface area contributed by atoms with Crippen molar-refractivity contribution in [2.75, 3.05) is 13.1 Å². The van der Waals surface area contributed by atoms with E-state index < -0.39 is 5.82 Å². The fourth-order valence-corrected chi connectivity index (χ4v) is 3.17. The molecule has 1 aliphatic rings. The maximum Gasteiger partial charge on any atom is 0.273 e. The van der Waals surface area contributed by atoms with Gasteiger partial charge in [-0.1, -0.05) is 24.6 Å². The highest BCUT2D eigenvalue weighted by Gasteiger charge is 2.36. The second-order valence-corrected chi connectivity index (χ2v) is 5.88. The van der Waals surface area contributed by atoms with Crippen molar-refractivity contribution in [3.8, 4) is 0 Å². The topological polar surface area (TPSA) is 73.9 Å². The van der Waals surface area contributed by atoms with Crippen LogP contribution in [0.15, 0.2) is 24.4 Å². The zero-order chi connectivity index (χ0) is 16.4. The highest BCUT2D eigenvalue weighted by molar-refractivity contribution is 6.30. The van der Waals surface area contributed by atoms with Crippen molar-refractivity contribution in [1.82, 2.24) is 25.6 Å². The van der Waals surface area contributed by atoms with Crippen LogP contribution in [0.3, 0.4) is 0 Å². The van der Waals surface area contributed by atoms with Gasteiger partial charge in [0.05, 0.1) is 23.3 Å². The first-order chi connectivity index (χ1) is 11.1. The Morgan fingerprint density at radius 1 is 1.57 bits per heavy atom. The number of nitrogens with zero attached hydrogens (tertiary/aromatic N) is 3. The minimum Gasteiger partial charge on any atom is -0.346 e. The molecule has 2 heterocycles. The Labute approximate surface area is 138 Å². The number of carbonyl (C=O) groups excluding carboxylic acids is 1. The van der Waals surface area contributed by atoms with Gasteiger partial charge in [-0.3, -0.25) is 9.69 Å². The number of carbonyl (C=O) groups is 1. The number of amides is 1. The number of hydrogen-bond acceptors (Lipinski definition) is 4. The smallest absolute Gasteiger partial charge is 0.273 e. The molecule has 2 N–H and O–H groups in total. The molecule has 122 valence electrons. The fraction of sp³-hybridized carbons (Fsp3) is 0.400. The van der Waals surface area contributed by atoms with Gasteiger partial charge in [-0.05, 0) is 30.7 Å². The van der Waals surface area contributed by atoms with E-state index in [9.17, 15) is 9.18 Å². The summed E-state index contributed by atoms with van der Waals surface area (Å²) in [7, 11) is 0. The summed E-state index contributed by atoms with van der Waals surface area (Å²) in [6.45, 7) is 3.68. The molecular weight excluding hydrogens is 321 g/mol. The Kier molecular flexibility index (Phi) is 4.58. The van der Waals surface area contributed by atoms with Crippen LogP contribution in [-0.2, 0) is 0 Å². The number of hydrogen-bond donors (Lipinski definition) is 2. The monoisotopic (exact) mass is 337 g/mol. The Balaban J connectivity index is 1.84. The highest BCUT2D eigenvalue weighted by Crippen LogP contribution is 2.33. The van der Waals surface area contributed by atoms with E-state index in [1.807, 2.05) is 6.92 Å². The Morgan fingerprint density at radius 2 is 2.39 bits per heavy atom. The summed E-state index contributed by atoms with van der Waals surface area (Å²) in [5.41, 5.74) is 1.04. The van der Waals surface area contributed by atoms with E-state index in [0.717, 1.165) is 25.1 Å². The first-order valence-corrected chi connectivity index (χ1v) is 7.83. The van der Waals surface area contributed by atoms with Gasteiger partial charge in [0, 0.05) is 6.54 Å². The number of benzene rings is 1. The van der Waals surface area contributed by atoms with Crippen LogP contribution in [0, 0.1) is 5.82 Å². The molecule has 2 aromatic rings. The lowest BCUT2D eigenvalue weighted by atomic mass is 9.99. The summed E-state index contributed by atoms with van der Waals surface area (Å²) in [6.07, 6.45) is 2.16. The Morgan fingerprint density at radius 3 is 3.04 bits per heavy atom. The van der Waals surface area contributed by atoms with Crippen LogP contribution in [0.2, 0.25) is 5.02 Å². The number of aromatic amines is 1. The van der Waals surface area contributed by atoms with Crippen LogP contribution in [0.1, 0.15) is 35.4 Å². The lowest BCUT2D eigenvalue weighted by molar-refractivity contribution is 0.0920. The normalized spacial score (nSPS) is 21.5. The average Bonchev–Trinajstić information content (AvgIpc) is 3.19. The van der Waals surface area contributed by atoms with E-state index in [2.05, 4.69) is 25.6 Å². The molecule has 0 bridgehead atoms. The van der Waals surface area contributed by atoms with Gasteiger partial charge in [0.15, 0.2) is 5.69 Å². The molecule has 1 aromatic carbocycles. The molecule has 6 nitrogen and oxygen atoms in total. The van der Waals surface area contributed by atoms with Gasteiger partial charge in [0.1, 0.15) is 5.82 Å². The van der Waals surface area contributed by atoms with Crippen molar-refractivity contribution in [2.24, 2.45) is 0 Å². The number of aromatic nitrogens is 3. The quantitative estimate of drug-likeness (QED) is 0.896. The maximum atomic E-state index is 13.8. The number of nitrogens with one attached hydrogen (secondary N) is 2. The van der Waals surface area contributed by atoms with Crippen molar-refractivity contribution in [3.63, 3.8) is 0 Å². The molecule has 2 atom stereocenters. The maximum absolute atomic E-state index is 13.8. The number of halogens is 2. The van der Waals surface area contributed by atoms with Crippen molar-refractivity contribution < 1.29 is 9.18 Å². The van der Waals surface area contributed by atoms with E-state index in [1.165, 1.54) is 12.3 Å². The third-order valence-electron chi connectivity index (χ3n) is 4.16. The van der Waals surface area contributed by atoms with Crippen LogP contribution in [0.25, 0.3) is 0 Å². The summed E-state index contributed by atoms with van der Waals surface area (Å²) in [4.78, 5) is 14.4. The van der Waals surface area contributed by atoms with E-state index in [-0.39, 0.29) is 28.7 Å². The molecule has 1 saturated heterocycles. The Hall–Kier alpha value is -1.99. The third-order valence-corrected chi connectivity index (χ3v) is 4.46. The predicted octanol–water partition coefficient (Wildman–Crippen LogP) is 2.16. The fourth-order valence-electron chi connectivity index (χ4n) is 3.06. The number of likely N-dealkylation sites (N-methyl/N-ethyl adjacent to an activating group) is 1. The lowest BCUT2D eigenvalue weighted by Gasteiger charge is -2.28. The zero-order valence-corrected chi connectivity index (χ0v) is 13.3. The molecule has 0 spiro atoms. The number of H-pyrrole nitrogens is 1. The molecule has 1 fully saturated rings. The summed E-state index contributed by atoms with van der Waals surface area (Å²) in [5.74, 6) is -0.741. The number of rotatable bonds is 4. The summed E-state index contributed by atoms with van der Waals surface area (Å²) in [5, 5.41) is 12.9. The summed E-state index contributed by atoms with van der Waals surface area (Å²) < 4.78 is 13.8. The van der Waals surface area contributed by atoms with E-state index in [0.29, 0.717) is 0 Å². The second kappa shape index (κ2) is 6.64. The van der Waals surface area contributed by atoms with Gasteiger partial charge in [0.2, 0.25) is 0 Å². The largest absolute Gasteiger partial charge is 0.346 e. The van der Waals surface area contributed by atoms with Crippen molar-refractivity contribution in [2.45, 2.75) is 25.4 Å². The van der Waals surface area contributed by atoms with Gasteiger partial charge < -0.3 is 5.32 Å². The standard InChI is InChI=1S/C15H17ClFN5O/c1-2-22-6-5-12(19-15(23)13-8-18-21-20-13)14(22)9-3-4-10(16)11(17)7-9/h3-4,7-8,12,14H,2,5-6H2,1H3,(H,19,23)(H,18,20,21)/t12-,14-/m1/s1. The minimum atomic E-state index is -0.450. The predicted molar refractivity (Wildman–Crippen MR) is 83.7 cm³/mol. The molecule has 0 saturated carbocycles. The highest BCUT2D eigenvalue weighted by atomic mass is 35.5. The minimum absolute atomic E-state index is 0.0948. The zero-order valence-electron chi connectivity index (χ0n) is 12.6. The van der Waals surface area contributed by atoms with Crippen LogP contribution < -0.4 is 5.32 Å². The van der Waals surface area contributed by atoms with Gasteiger partial charge in [-0.25, -0.2) is 4.39 Å². The SMILES string of the molecule is CCN1CC[C@@H](NC(=O)c2cn[nH]n2)[C@H]1c1ccc(Cl)c(F)c1. The van der Waals surface area contributed by atoms with E-state index in [4.69, 9.17) is 11.6 Å². The first-order valence-electron chi connectivity index (χ1n) is 7.45. The summed E-state index contributed by atoms with van der Waals surface area (Å²) in [6, 6.07) is 4.58. The third kappa shape index (κ3) is 3.20. The molecule has 1 aromatic heterocycles. The number of likely N-dealkylation sites (tertiary alicyclic amines) is 1. The second-order valence-electron chi connectivity index (χ2n) is 5.47. The van der Waals surface area contributed by atoms with Gasteiger partial charge in [-0.15, -0.1) is 0 Å². The Bertz CT molecular complexity index is 693. The van der Waals surface area contributed by atoms with Crippen molar-refractivity contribution in [3.05, 3.63) is 46.5 Å². The molecule has 3 rings (SSSR count).